The lowest BCUT2D eigenvalue weighted by atomic mass is 9.89. The van der Waals surface area contributed by atoms with Crippen LogP contribution in [0.2, 0.25) is 0 Å². The summed E-state index contributed by atoms with van der Waals surface area (Å²) in [5.74, 6) is 1.08. The Bertz CT molecular complexity index is 570. The van der Waals surface area contributed by atoms with Crippen LogP contribution in [-0.4, -0.2) is 4.98 Å². The van der Waals surface area contributed by atoms with Crippen LogP contribution < -0.4 is 4.74 Å². The number of benzene rings is 1. The monoisotopic (exact) mass is 273 g/mol. The fourth-order valence-electron chi connectivity index (χ4n) is 2.58. The maximum atomic E-state index is 6.05. The van der Waals surface area contributed by atoms with Crippen LogP contribution in [0.1, 0.15) is 35.8 Å². The van der Waals surface area contributed by atoms with Gasteiger partial charge in [0.2, 0.25) is 5.88 Å². The first kappa shape index (κ1) is 12.5. The van der Waals surface area contributed by atoms with Gasteiger partial charge < -0.3 is 4.74 Å². The van der Waals surface area contributed by atoms with Crippen molar-refractivity contribution >= 4 is 11.6 Å². The third-order valence-corrected chi connectivity index (χ3v) is 3.77. The molecule has 1 heterocycles. The van der Waals surface area contributed by atoms with Gasteiger partial charge in [0.15, 0.2) is 0 Å². The van der Waals surface area contributed by atoms with Crippen molar-refractivity contribution in [3.05, 3.63) is 59.3 Å². The molecule has 0 amide bonds. The van der Waals surface area contributed by atoms with Gasteiger partial charge in [0.1, 0.15) is 6.10 Å². The van der Waals surface area contributed by atoms with Crippen LogP contribution in [0.3, 0.4) is 0 Å². The van der Waals surface area contributed by atoms with E-state index in [0.717, 1.165) is 25.0 Å². The van der Waals surface area contributed by atoms with Crippen molar-refractivity contribution in [2.24, 2.45) is 0 Å². The fourth-order valence-corrected chi connectivity index (χ4v) is 2.72. The molecule has 0 saturated carbocycles. The number of halogens is 1. The Kier molecular flexibility index (Phi) is 3.69. The molecule has 98 valence electrons. The first-order valence-electron chi connectivity index (χ1n) is 6.63. The van der Waals surface area contributed by atoms with E-state index in [4.69, 9.17) is 16.3 Å². The van der Waals surface area contributed by atoms with Gasteiger partial charge >= 0.3 is 0 Å². The molecule has 1 aromatic heterocycles. The second-order valence-electron chi connectivity index (χ2n) is 4.80. The lowest BCUT2D eigenvalue weighted by Crippen LogP contribution is -2.15. The maximum Gasteiger partial charge on any atom is 0.214 e. The van der Waals surface area contributed by atoms with E-state index < -0.39 is 0 Å². The summed E-state index contributed by atoms with van der Waals surface area (Å²) >= 11 is 5.80. The summed E-state index contributed by atoms with van der Waals surface area (Å²) in [7, 11) is 0. The standard InChI is InChI=1S/C16H16ClNO/c17-11-13-7-4-10-16(18-13)19-15-9-3-6-12-5-1-2-8-14(12)15/h1-2,4-5,7-8,10,15H,3,6,9,11H2. The Balaban J connectivity index is 1.84. The predicted octanol–water partition coefficient (Wildman–Crippen LogP) is 4.28. The molecule has 3 heteroatoms. The number of nitrogens with zero attached hydrogens (tertiary/aromatic N) is 1. The topological polar surface area (TPSA) is 22.1 Å². The van der Waals surface area contributed by atoms with Crippen LogP contribution in [0.15, 0.2) is 42.5 Å². The van der Waals surface area contributed by atoms with Gasteiger partial charge in [0, 0.05) is 6.07 Å². The van der Waals surface area contributed by atoms with Gasteiger partial charge in [-0.3, -0.25) is 0 Å². The molecule has 2 nitrogen and oxygen atoms in total. The fraction of sp³-hybridized carbons (Fsp3) is 0.312. The van der Waals surface area contributed by atoms with E-state index >= 15 is 0 Å². The minimum absolute atomic E-state index is 0.114. The number of rotatable bonds is 3. The van der Waals surface area contributed by atoms with E-state index in [9.17, 15) is 0 Å². The summed E-state index contributed by atoms with van der Waals surface area (Å²) in [6, 6.07) is 14.3. The van der Waals surface area contributed by atoms with Crippen LogP contribution in [0.25, 0.3) is 0 Å². The third kappa shape index (κ3) is 2.74. The number of fused-ring (bicyclic) bond motifs is 1. The molecule has 1 aromatic carbocycles. The number of ether oxygens (including phenoxy) is 1. The van der Waals surface area contributed by atoms with Crippen LogP contribution in [-0.2, 0) is 12.3 Å². The number of hydrogen-bond acceptors (Lipinski definition) is 2. The summed E-state index contributed by atoms with van der Waals surface area (Å²) in [6.45, 7) is 0. The average molecular weight is 274 g/mol. The average Bonchev–Trinajstić information content (AvgIpc) is 2.48. The zero-order chi connectivity index (χ0) is 13.1. The Labute approximate surface area is 118 Å². The molecule has 1 unspecified atom stereocenters. The highest BCUT2D eigenvalue weighted by molar-refractivity contribution is 6.16. The number of aryl methyl sites for hydroxylation is 1. The van der Waals surface area contributed by atoms with Crippen molar-refractivity contribution in [3.8, 4) is 5.88 Å². The Morgan fingerprint density at radius 2 is 2.05 bits per heavy atom. The highest BCUT2D eigenvalue weighted by Gasteiger charge is 2.21. The second kappa shape index (κ2) is 5.62. The van der Waals surface area contributed by atoms with Crippen molar-refractivity contribution < 1.29 is 4.74 Å². The summed E-state index contributed by atoms with van der Waals surface area (Å²) in [6.07, 6.45) is 3.47. The first-order valence-corrected chi connectivity index (χ1v) is 7.16. The predicted molar refractivity (Wildman–Crippen MR) is 76.5 cm³/mol. The first-order chi connectivity index (χ1) is 9.36. The molecule has 2 aromatic rings. The molecule has 0 bridgehead atoms. The molecule has 0 radical (unpaired) electrons. The molecule has 0 fully saturated rings. The van der Waals surface area contributed by atoms with Crippen molar-refractivity contribution in [2.45, 2.75) is 31.2 Å². The lowest BCUT2D eigenvalue weighted by Gasteiger charge is -2.25. The smallest absolute Gasteiger partial charge is 0.214 e. The van der Waals surface area contributed by atoms with Gasteiger partial charge in [0.05, 0.1) is 11.6 Å². The molecule has 3 rings (SSSR count). The largest absolute Gasteiger partial charge is 0.469 e. The van der Waals surface area contributed by atoms with Gasteiger partial charge in [-0.25, -0.2) is 4.98 Å². The molecule has 1 aliphatic rings. The summed E-state index contributed by atoms with van der Waals surface area (Å²) in [5.41, 5.74) is 3.54. The van der Waals surface area contributed by atoms with Crippen LogP contribution in [0, 0.1) is 0 Å². The van der Waals surface area contributed by atoms with E-state index in [2.05, 4.69) is 29.2 Å². The quantitative estimate of drug-likeness (QED) is 0.779. The summed E-state index contributed by atoms with van der Waals surface area (Å²) in [4.78, 5) is 4.40. The number of aromatic nitrogens is 1. The molecular formula is C16H16ClNO. The van der Waals surface area contributed by atoms with Crippen molar-refractivity contribution in [1.29, 1.82) is 0 Å². The zero-order valence-electron chi connectivity index (χ0n) is 10.7. The van der Waals surface area contributed by atoms with E-state index in [0.29, 0.717) is 11.8 Å². The summed E-state index contributed by atoms with van der Waals surface area (Å²) in [5, 5.41) is 0. The van der Waals surface area contributed by atoms with Crippen molar-refractivity contribution in [1.82, 2.24) is 4.98 Å². The molecule has 1 aliphatic carbocycles. The third-order valence-electron chi connectivity index (χ3n) is 3.50. The number of pyridine rings is 1. The highest BCUT2D eigenvalue weighted by Crippen LogP contribution is 2.32. The zero-order valence-corrected chi connectivity index (χ0v) is 11.4. The number of alkyl halides is 1. The van der Waals surface area contributed by atoms with Crippen molar-refractivity contribution in [3.63, 3.8) is 0 Å². The Morgan fingerprint density at radius 3 is 2.95 bits per heavy atom. The lowest BCUT2D eigenvalue weighted by molar-refractivity contribution is 0.175. The van der Waals surface area contributed by atoms with Gasteiger partial charge in [0.25, 0.3) is 0 Å². The maximum absolute atomic E-state index is 6.05. The molecule has 0 aliphatic heterocycles. The van der Waals surface area contributed by atoms with Crippen LogP contribution >= 0.6 is 11.6 Å². The molecule has 0 N–H and O–H groups in total. The Hall–Kier alpha value is -1.54. The highest BCUT2D eigenvalue weighted by atomic mass is 35.5. The second-order valence-corrected chi connectivity index (χ2v) is 5.07. The SMILES string of the molecule is ClCc1cccc(OC2CCCc3ccccc32)n1. The molecule has 0 saturated heterocycles. The van der Waals surface area contributed by atoms with E-state index in [-0.39, 0.29) is 6.10 Å². The molecule has 19 heavy (non-hydrogen) atoms. The van der Waals surface area contributed by atoms with Gasteiger partial charge in [-0.2, -0.15) is 0 Å². The van der Waals surface area contributed by atoms with E-state index in [1.807, 2.05) is 18.2 Å². The normalized spacial score (nSPS) is 17.8. The number of hydrogen-bond donors (Lipinski definition) is 0. The van der Waals surface area contributed by atoms with Gasteiger partial charge in [-0.05, 0) is 36.5 Å². The van der Waals surface area contributed by atoms with Gasteiger partial charge in [-0.15, -0.1) is 11.6 Å². The Morgan fingerprint density at radius 1 is 1.16 bits per heavy atom. The van der Waals surface area contributed by atoms with E-state index in [1.165, 1.54) is 11.1 Å². The summed E-state index contributed by atoms with van der Waals surface area (Å²) < 4.78 is 6.05. The minimum atomic E-state index is 0.114. The van der Waals surface area contributed by atoms with Crippen LogP contribution in [0.4, 0.5) is 0 Å². The minimum Gasteiger partial charge on any atom is -0.469 e. The van der Waals surface area contributed by atoms with Gasteiger partial charge in [-0.1, -0.05) is 30.3 Å². The molecule has 0 spiro atoms. The van der Waals surface area contributed by atoms with E-state index in [1.54, 1.807) is 0 Å². The molecular weight excluding hydrogens is 258 g/mol. The van der Waals surface area contributed by atoms with Crippen molar-refractivity contribution in [2.75, 3.05) is 0 Å². The molecule has 1 atom stereocenters. The van der Waals surface area contributed by atoms with Crippen LogP contribution in [0.5, 0.6) is 5.88 Å².